The monoisotopic (exact) mass is 286 g/mol. The number of benzene rings is 1. The van der Waals surface area contributed by atoms with Crippen LogP contribution in [0.3, 0.4) is 0 Å². The number of aromatic hydroxyl groups is 1. The zero-order valence-electron chi connectivity index (χ0n) is 11.1. The van der Waals surface area contributed by atoms with E-state index in [1.165, 1.54) is 6.07 Å². The van der Waals surface area contributed by atoms with E-state index in [0.29, 0.717) is 24.7 Å². The third-order valence-corrected chi connectivity index (χ3v) is 2.93. The number of amides is 1. The number of hydrogen-bond donors (Lipinski definition) is 3. The Hall–Kier alpha value is -1.30. The van der Waals surface area contributed by atoms with Crippen molar-refractivity contribution in [2.45, 2.75) is 19.5 Å². The van der Waals surface area contributed by atoms with E-state index in [-0.39, 0.29) is 17.7 Å². The van der Waals surface area contributed by atoms with E-state index in [1.807, 2.05) is 0 Å². The Bertz CT molecular complexity index is 426. The molecule has 1 aromatic carbocycles. The molecule has 0 saturated carbocycles. The number of carbonyl (C=O) groups is 1. The van der Waals surface area contributed by atoms with Crippen molar-refractivity contribution >= 4 is 17.5 Å². The number of rotatable bonds is 7. The molecule has 0 aliphatic heterocycles. The van der Waals surface area contributed by atoms with Crippen molar-refractivity contribution < 1.29 is 14.6 Å². The Morgan fingerprint density at radius 2 is 2.26 bits per heavy atom. The molecule has 6 heteroatoms. The summed E-state index contributed by atoms with van der Waals surface area (Å²) in [5.41, 5.74) is 0.902. The van der Waals surface area contributed by atoms with Crippen molar-refractivity contribution in [2.24, 2.45) is 0 Å². The predicted octanol–water partition coefficient (Wildman–Crippen LogP) is 1.29. The maximum absolute atomic E-state index is 11.7. The number of nitrogens with one attached hydrogen (secondary N) is 2. The summed E-state index contributed by atoms with van der Waals surface area (Å²) < 4.78 is 4.85. The number of phenols is 1. The second-order valence-electron chi connectivity index (χ2n) is 4.17. The van der Waals surface area contributed by atoms with Crippen LogP contribution >= 0.6 is 11.6 Å². The molecule has 1 unspecified atom stereocenters. The predicted molar refractivity (Wildman–Crippen MR) is 74.3 cm³/mol. The minimum absolute atomic E-state index is 0.0516. The van der Waals surface area contributed by atoms with E-state index in [4.69, 9.17) is 16.3 Å². The van der Waals surface area contributed by atoms with Gasteiger partial charge in [0.1, 0.15) is 5.75 Å². The number of hydrogen-bond acceptors (Lipinski definition) is 4. The third-order valence-electron chi connectivity index (χ3n) is 2.62. The fourth-order valence-electron chi connectivity index (χ4n) is 1.45. The maximum Gasteiger partial charge on any atom is 0.236 e. The first-order valence-electron chi connectivity index (χ1n) is 6.02. The van der Waals surface area contributed by atoms with E-state index in [9.17, 15) is 9.90 Å². The number of phenolic OH excluding ortho intramolecular Hbond substituents is 1. The molecule has 106 valence electrons. The summed E-state index contributed by atoms with van der Waals surface area (Å²) in [6.45, 7) is 3.27. The number of ether oxygens (including phenoxy) is 1. The Kier molecular flexibility index (Phi) is 6.62. The molecule has 0 heterocycles. The topological polar surface area (TPSA) is 70.6 Å². The molecule has 3 N–H and O–H groups in total. The SMILES string of the molecule is COCCNC(=O)C(C)NCc1ccc(O)c(Cl)c1. The quantitative estimate of drug-likeness (QED) is 0.661. The van der Waals surface area contributed by atoms with Crippen LogP contribution in [-0.4, -0.2) is 37.3 Å². The summed E-state index contributed by atoms with van der Waals surface area (Å²) >= 11 is 5.81. The summed E-state index contributed by atoms with van der Waals surface area (Å²) in [4.78, 5) is 11.7. The zero-order chi connectivity index (χ0) is 14.3. The van der Waals surface area contributed by atoms with Crippen LogP contribution in [0.1, 0.15) is 12.5 Å². The highest BCUT2D eigenvalue weighted by molar-refractivity contribution is 6.32. The standard InChI is InChI=1S/C13H19ClN2O3/c1-9(13(18)15-5-6-19-2)16-8-10-3-4-12(17)11(14)7-10/h3-4,7,9,16-17H,5-6,8H2,1-2H3,(H,15,18). The molecule has 0 aliphatic rings. The molecule has 0 fully saturated rings. The van der Waals surface area contributed by atoms with Crippen molar-refractivity contribution in [3.05, 3.63) is 28.8 Å². The fraction of sp³-hybridized carbons (Fsp3) is 0.462. The van der Waals surface area contributed by atoms with Gasteiger partial charge in [-0.05, 0) is 24.6 Å². The number of methoxy groups -OCH3 is 1. The van der Waals surface area contributed by atoms with E-state index < -0.39 is 0 Å². The molecular weight excluding hydrogens is 268 g/mol. The molecule has 1 aromatic rings. The summed E-state index contributed by atoms with van der Waals surface area (Å²) in [6, 6.07) is 4.63. The minimum atomic E-state index is -0.315. The summed E-state index contributed by atoms with van der Waals surface area (Å²) in [6.07, 6.45) is 0. The second-order valence-corrected chi connectivity index (χ2v) is 4.58. The lowest BCUT2D eigenvalue weighted by Crippen LogP contribution is -2.42. The van der Waals surface area contributed by atoms with Crippen LogP contribution in [0, 0.1) is 0 Å². The van der Waals surface area contributed by atoms with Crippen LogP contribution in [0.4, 0.5) is 0 Å². The Morgan fingerprint density at radius 3 is 2.89 bits per heavy atom. The Labute approximate surface area is 117 Å². The lowest BCUT2D eigenvalue weighted by Gasteiger charge is -2.14. The Morgan fingerprint density at radius 1 is 1.53 bits per heavy atom. The van der Waals surface area contributed by atoms with Crippen LogP contribution < -0.4 is 10.6 Å². The summed E-state index contributed by atoms with van der Waals surface area (Å²) in [5, 5.41) is 15.4. The lowest BCUT2D eigenvalue weighted by molar-refractivity contribution is -0.122. The van der Waals surface area contributed by atoms with Gasteiger partial charge in [-0.15, -0.1) is 0 Å². The van der Waals surface area contributed by atoms with Crippen LogP contribution in [0.5, 0.6) is 5.75 Å². The van der Waals surface area contributed by atoms with Gasteiger partial charge < -0.3 is 20.5 Å². The van der Waals surface area contributed by atoms with Crippen LogP contribution in [0.25, 0.3) is 0 Å². The molecule has 0 aromatic heterocycles. The van der Waals surface area contributed by atoms with Gasteiger partial charge in [-0.25, -0.2) is 0 Å². The van der Waals surface area contributed by atoms with Gasteiger partial charge in [-0.2, -0.15) is 0 Å². The molecule has 19 heavy (non-hydrogen) atoms. The average molecular weight is 287 g/mol. The highest BCUT2D eigenvalue weighted by Gasteiger charge is 2.11. The van der Waals surface area contributed by atoms with Crippen molar-refractivity contribution in [1.29, 1.82) is 0 Å². The first kappa shape index (κ1) is 15.8. The van der Waals surface area contributed by atoms with E-state index >= 15 is 0 Å². The largest absolute Gasteiger partial charge is 0.506 e. The number of carbonyl (C=O) groups excluding carboxylic acids is 1. The molecule has 0 saturated heterocycles. The van der Waals surface area contributed by atoms with Crippen LogP contribution in [0.15, 0.2) is 18.2 Å². The smallest absolute Gasteiger partial charge is 0.236 e. The molecule has 0 bridgehead atoms. The highest BCUT2D eigenvalue weighted by atomic mass is 35.5. The fourth-order valence-corrected chi connectivity index (χ4v) is 1.66. The van der Waals surface area contributed by atoms with Gasteiger partial charge in [-0.1, -0.05) is 17.7 Å². The van der Waals surface area contributed by atoms with Gasteiger partial charge in [0, 0.05) is 20.2 Å². The maximum atomic E-state index is 11.7. The summed E-state index contributed by atoms with van der Waals surface area (Å²) in [7, 11) is 1.59. The van der Waals surface area contributed by atoms with Gasteiger partial charge in [0.05, 0.1) is 17.7 Å². The van der Waals surface area contributed by atoms with Gasteiger partial charge in [-0.3, -0.25) is 4.79 Å². The van der Waals surface area contributed by atoms with Crippen molar-refractivity contribution in [3.8, 4) is 5.75 Å². The zero-order valence-corrected chi connectivity index (χ0v) is 11.8. The molecule has 0 spiro atoms. The molecule has 1 amide bonds. The van der Waals surface area contributed by atoms with Crippen molar-refractivity contribution in [2.75, 3.05) is 20.3 Å². The van der Waals surface area contributed by atoms with Crippen molar-refractivity contribution in [3.63, 3.8) is 0 Å². The van der Waals surface area contributed by atoms with Crippen molar-refractivity contribution in [1.82, 2.24) is 10.6 Å². The first-order chi connectivity index (χ1) is 9.04. The molecule has 0 aliphatic carbocycles. The molecule has 1 rings (SSSR count). The average Bonchev–Trinajstić information content (AvgIpc) is 2.40. The minimum Gasteiger partial charge on any atom is -0.506 e. The van der Waals surface area contributed by atoms with Crippen LogP contribution in [-0.2, 0) is 16.1 Å². The van der Waals surface area contributed by atoms with E-state index in [1.54, 1.807) is 26.2 Å². The second kappa shape index (κ2) is 7.99. The molecular formula is C13H19ClN2O3. The molecule has 0 radical (unpaired) electrons. The van der Waals surface area contributed by atoms with Gasteiger partial charge in [0.2, 0.25) is 5.91 Å². The van der Waals surface area contributed by atoms with E-state index in [0.717, 1.165) is 5.56 Å². The number of halogens is 1. The molecule has 5 nitrogen and oxygen atoms in total. The molecule has 1 atom stereocenters. The third kappa shape index (κ3) is 5.46. The lowest BCUT2D eigenvalue weighted by atomic mass is 10.2. The van der Waals surface area contributed by atoms with Gasteiger partial charge in [0.25, 0.3) is 0 Å². The first-order valence-corrected chi connectivity index (χ1v) is 6.39. The summed E-state index contributed by atoms with van der Waals surface area (Å²) in [5.74, 6) is -0.0299. The van der Waals surface area contributed by atoms with Gasteiger partial charge in [0.15, 0.2) is 0 Å². The highest BCUT2D eigenvalue weighted by Crippen LogP contribution is 2.23. The Balaban J connectivity index is 2.38. The van der Waals surface area contributed by atoms with Crippen LogP contribution in [0.2, 0.25) is 5.02 Å². The van der Waals surface area contributed by atoms with E-state index in [2.05, 4.69) is 10.6 Å². The van der Waals surface area contributed by atoms with Gasteiger partial charge >= 0.3 is 0 Å². The normalized spacial score (nSPS) is 12.2.